The van der Waals surface area contributed by atoms with Crippen molar-refractivity contribution in [1.82, 2.24) is 10.2 Å². The maximum atomic E-state index is 11.8. The third-order valence-corrected chi connectivity index (χ3v) is 4.77. The molecule has 1 rings (SSSR count). The summed E-state index contributed by atoms with van der Waals surface area (Å²) in [6, 6.07) is 0.626. The Hall–Kier alpha value is -0.420. The molecule has 0 saturated carbocycles. The van der Waals surface area contributed by atoms with Gasteiger partial charge in [0.15, 0.2) is 0 Å². The minimum Gasteiger partial charge on any atom is -0.444 e. The number of rotatable bonds is 5. The van der Waals surface area contributed by atoms with Gasteiger partial charge in [0.1, 0.15) is 5.60 Å². The number of carbonyl (C=O) groups is 1. The summed E-state index contributed by atoms with van der Waals surface area (Å²) in [5.41, 5.74) is -0.418. The number of ether oxygens (including phenoxy) is 1. The molecule has 1 amide bonds. The Morgan fingerprint density at radius 3 is 2.75 bits per heavy atom. The standard InChI is InChI=1S/C15H30N2O2S/c1-12-13(8-6-11-20-12)16-9-7-10-17(5)14(18)19-15(2,3)4/h12-13,16H,6-11H2,1-5H3. The van der Waals surface area contributed by atoms with Crippen molar-refractivity contribution in [2.75, 3.05) is 25.9 Å². The van der Waals surface area contributed by atoms with Gasteiger partial charge in [-0.25, -0.2) is 4.79 Å². The molecule has 0 bridgehead atoms. The molecule has 0 aromatic heterocycles. The van der Waals surface area contributed by atoms with Crippen LogP contribution < -0.4 is 5.32 Å². The van der Waals surface area contributed by atoms with Crippen LogP contribution >= 0.6 is 11.8 Å². The molecule has 1 saturated heterocycles. The number of carbonyl (C=O) groups excluding carboxylic acids is 1. The van der Waals surface area contributed by atoms with Crippen molar-refractivity contribution in [1.29, 1.82) is 0 Å². The predicted octanol–water partition coefficient (Wildman–Crippen LogP) is 3.12. The Bertz CT molecular complexity index is 305. The Morgan fingerprint density at radius 2 is 2.15 bits per heavy atom. The highest BCUT2D eigenvalue weighted by Gasteiger charge is 2.21. The lowest BCUT2D eigenvalue weighted by Crippen LogP contribution is -2.41. The Kier molecular flexibility index (Phi) is 7.17. The molecule has 0 aromatic rings. The molecule has 5 heteroatoms. The molecule has 1 N–H and O–H groups in total. The number of hydrogen-bond donors (Lipinski definition) is 1. The summed E-state index contributed by atoms with van der Waals surface area (Å²) in [5, 5.41) is 4.32. The Labute approximate surface area is 128 Å². The first-order valence-corrected chi connectivity index (χ1v) is 8.63. The van der Waals surface area contributed by atoms with Gasteiger partial charge in [0, 0.05) is 24.9 Å². The van der Waals surface area contributed by atoms with Gasteiger partial charge in [-0.05, 0) is 52.3 Å². The van der Waals surface area contributed by atoms with Crippen molar-refractivity contribution in [3.8, 4) is 0 Å². The second-order valence-electron chi connectivity index (χ2n) is 6.53. The fourth-order valence-corrected chi connectivity index (χ4v) is 3.40. The van der Waals surface area contributed by atoms with Crippen LogP contribution in [0.2, 0.25) is 0 Å². The number of thioether (sulfide) groups is 1. The third kappa shape index (κ3) is 6.84. The van der Waals surface area contributed by atoms with Crippen molar-refractivity contribution >= 4 is 17.9 Å². The van der Waals surface area contributed by atoms with E-state index < -0.39 is 5.60 Å². The summed E-state index contributed by atoms with van der Waals surface area (Å²) in [7, 11) is 1.80. The zero-order valence-electron chi connectivity index (χ0n) is 13.6. The fourth-order valence-electron chi connectivity index (χ4n) is 2.23. The molecule has 0 radical (unpaired) electrons. The fraction of sp³-hybridized carbons (Fsp3) is 0.933. The van der Waals surface area contributed by atoms with Crippen LogP contribution in [0, 0.1) is 0 Å². The van der Waals surface area contributed by atoms with Crippen molar-refractivity contribution in [3.63, 3.8) is 0 Å². The largest absolute Gasteiger partial charge is 0.444 e. The van der Waals surface area contributed by atoms with Gasteiger partial charge in [-0.15, -0.1) is 0 Å². The zero-order valence-corrected chi connectivity index (χ0v) is 14.4. The highest BCUT2D eigenvalue weighted by atomic mass is 32.2. The van der Waals surface area contributed by atoms with E-state index in [2.05, 4.69) is 24.0 Å². The van der Waals surface area contributed by atoms with Crippen LogP contribution in [0.4, 0.5) is 4.79 Å². The average Bonchev–Trinajstić information content (AvgIpc) is 2.34. The molecule has 1 aliphatic rings. The van der Waals surface area contributed by atoms with Gasteiger partial charge < -0.3 is 15.0 Å². The number of nitrogens with one attached hydrogen (secondary N) is 1. The van der Waals surface area contributed by atoms with Gasteiger partial charge in [-0.3, -0.25) is 0 Å². The molecule has 1 aliphatic heterocycles. The van der Waals surface area contributed by atoms with Crippen LogP contribution in [0.5, 0.6) is 0 Å². The first-order chi connectivity index (χ1) is 9.29. The highest BCUT2D eigenvalue weighted by molar-refractivity contribution is 7.99. The Morgan fingerprint density at radius 1 is 1.45 bits per heavy atom. The topological polar surface area (TPSA) is 41.6 Å². The monoisotopic (exact) mass is 302 g/mol. The van der Waals surface area contributed by atoms with Crippen LogP contribution in [0.3, 0.4) is 0 Å². The van der Waals surface area contributed by atoms with E-state index in [0.717, 1.165) is 19.5 Å². The van der Waals surface area contributed by atoms with Crippen LogP contribution in [0.1, 0.15) is 47.0 Å². The minimum atomic E-state index is -0.418. The molecule has 2 atom stereocenters. The third-order valence-electron chi connectivity index (χ3n) is 3.39. The van der Waals surface area contributed by atoms with Crippen molar-refractivity contribution in [3.05, 3.63) is 0 Å². The molecular weight excluding hydrogens is 272 g/mol. The second kappa shape index (κ2) is 8.13. The Balaban J connectivity index is 2.15. The average molecular weight is 302 g/mol. The van der Waals surface area contributed by atoms with Crippen LogP contribution in [0.25, 0.3) is 0 Å². The second-order valence-corrected chi connectivity index (χ2v) is 8.02. The predicted molar refractivity (Wildman–Crippen MR) is 86.4 cm³/mol. The highest BCUT2D eigenvalue weighted by Crippen LogP contribution is 2.24. The van der Waals surface area contributed by atoms with Crippen LogP contribution in [-0.2, 0) is 4.74 Å². The van der Waals surface area contributed by atoms with Crippen LogP contribution in [-0.4, -0.2) is 53.8 Å². The summed E-state index contributed by atoms with van der Waals surface area (Å²) in [4.78, 5) is 13.4. The summed E-state index contributed by atoms with van der Waals surface area (Å²) in [5.74, 6) is 1.29. The quantitative estimate of drug-likeness (QED) is 0.792. The maximum Gasteiger partial charge on any atom is 0.410 e. The summed E-state index contributed by atoms with van der Waals surface area (Å²) in [6.07, 6.45) is 3.31. The molecule has 0 spiro atoms. The zero-order chi connectivity index (χ0) is 15.2. The number of amides is 1. The van der Waals surface area contributed by atoms with Crippen molar-refractivity contribution in [2.24, 2.45) is 0 Å². The SMILES string of the molecule is CC1SCCCC1NCCCN(C)C(=O)OC(C)(C)C. The molecule has 118 valence electrons. The number of nitrogens with zero attached hydrogens (tertiary/aromatic N) is 1. The molecule has 2 unspecified atom stereocenters. The lowest BCUT2D eigenvalue weighted by Gasteiger charge is -2.29. The molecule has 1 heterocycles. The molecule has 4 nitrogen and oxygen atoms in total. The van der Waals surface area contributed by atoms with Gasteiger partial charge in [0.2, 0.25) is 0 Å². The molecular formula is C15H30N2O2S. The van der Waals surface area contributed by atoms with Crippen LogP contribution in [0.15, 0.2) is 0 Å². The van der Waals surface area contributed by atoms with Gasteiger partial charge in [0.05, 0.1) is 0 Å². The van der Waals surface area contributed by atoms with E-state index in [1.54, 1.807) is 11.9 Å². The molecule has 0 aliphatic carbocycles. The first kappa shape index (κ1) is 17.6. The normalized spacial score (nSPS) is 23.4. The van der Waals surface area contributed by atoms with Crippen molar-refractivity contribution in [2.45, 2.75) is 63.9 Å². The van der Waals surface area contributed by atoms with Gasteiger partial charge in [0.25, 0.3) is 0 Å². The van der Waals surface area contributed by atoms with E-state index in [4.69, 9.17) is 4.74 Å². The smallest absolute Gasteiger partial charge is 0.410 e. The lowest BCUT2D eigenvalue weighted by atomic mass is 10.1. The van der Waals surface area contributed by atoms with Crippen molar-refractivity contribution < 1.29 is 9.53 Å². The minimum absolute atomic E-state index is 0.237. The van der Waals surface area contributed by atoms with E-state index in [-0.39, 0.29) is 6.09 Å². The first-order valence-electron chi connectivity index (χ1n) is 7.58. The molecule has 1 fully saturated rings. The number of hydrogen-bond acceptors (Lipinski definition) is 4. The van der Waals surface area contributed by atoms with Gasteiger partial charge in [-0.1, -0.05) is 6.92 Å². The van der Waals surface area contributed by atoms with Gasteiger partial charge in [-0.2, -0.15) is 11.8 Å². The lowest BCUT2D eigenvalue weighted by molar-refractivity contribution is 0.0297. The van der Waals surface area contributed by atoms with E-state index in [1.807, 2.05) is 20.8 Å². The summed E-state index contributed by atoms with van der Waals surface area (Å²) >= 11 is 2.05. The molecule has 0 aromatic carbocycles. The van der Waals surface area contributed by atoms with E-state index >= 15 is 0 Å². The van der Waals surface area contributed by atoms with Gasteiger partial charge >= 0.3 is 6.09 Å². The summed E-state index contributed by atoms with van der Waals surface area (Å²) in [6.45, 7) is 9.67. The van der Waals surface area contributed by atoms with E-state index in [0.29, 0.717) is 11.3 Å². The van der Waals surface area contributed by atoms with E-state index in [9.17, 15) is 4.79 Å². The maximum absolute atomic E-state index is 11.8. The summed E-state index contributed by atoms with van der Waals surface area (Å²) < 4.78 is 5.33. The molecule has 20 heavy (non-hydrogen) atoms. The van der Waals surface area contributed by atoms with E-state index in [1.165, 1.54) is 18.6 Å².